The Kier molecular flexibility index (Phi) is 4.82. The van der Waals surface area contributed by atoms with Crippen LogP contribution in [0, 0.1) is 11.3 Å². The van der Waals surface area contributed by atoms with Crippen molar-refractivity contribution in [3.05, 3.63) is 46.9 Å². The Hall–Kier alpha value is -1.78. The topological polar surface area (TPSA) is 79.5 Å². The molecule has 5 nitrogen and oxygen atoms in total. The molecular weight excluding hydrogens is 296 g/mol. The molecule has 0 atom stereocenters. The minimum absolute atomic E-state index is 0.216. The van der Waals surface area contributed by atoms with Crippen molar-refractivity contribution in [2.45, 2.75) is 12.2 Å². The fourth-order valence-corrected chi connectivity index (χ4v) is 3.30. The number of oxime groups is 1. The maximum Gasteiger partial charge on any atom is 0.332 e. The quantitative estimate of drug-likeness (QED) is 0.780. The molecule has 1 aliphatic heterocycles. The van der Waals surface area contributed by atoms with Crippen molar-refractivity contribution in [3.8, 4) is 6.07 Å². The van der Waals surface area contributed by atoms with Crippen LogP contribution < -0.4 is 0 Å². The zero-order valence-corrected chi connectivity index (χ0v) is 12.2. The summed E-state index contributed by atoms with van der Waals surface area (Å²) >= 11 is 1.46. The highest BCUT2D eigenvalue weighted by molar-refractivity contribution is 8.04. The van der Waals surface area contributed by atoms with E-state index >= 15 is 0 Å². The molecule has 2 rings (SSSR count). The third-order valence-corrected chi connectivity index (χ3v) is 4.50. The van der Waals surface area contributed by atoms with Crippen LogP contribution in [0.3, 0.4) is 0 Å². The van der Waals surface area contributed by atoms with Crippen LogP contribution in [0.15, 0.2) is 46.5 Å². The van der Waals surface area contributed by atoms with E-state index in [1.54, 1.807) is 30.3 Å². The average Bonchev–Trinajstić information content (AvgIpc) is 2.86. The summed E-state index contributed by atoms with van der Waals surface area (Å²) in [5.41, 5.74) is 1.17. The molecule has 0 amide bonds. The van der Waals surface area contributed by atoms with Gasteiger partial charge in [-0.15, -0.1) is 11.8 Å². The summed E-state index contributed by atoms with van der Waals surface area (Å²) in [6, 6.07) is 10.8. The van der Waals surface area contributed by atoms with E-state index in [2.05, 4.69) is 9.44 Å². The Morgan fingerprint density at radius 1 is 1.35 bits per heavy atom. The van der Waals surface area contributed by atoms with E-state index < -0.39 is 10.1 Å². The lowest BCUT2D eigenvalue weighted by Gasteiger charge is -2.01. The number of thioether (sulfide) groups is 1. The first-order valence-corrected chi connectivity index (χ1v) is 8.38. The molecule has 0 unspecified atom stereocenters. The zero-order valence-electron chi connectivity index (χ0n) is 10.5. The van der Waals surface area contributed by atoms with Crippen molar-refractivity contribution in [1.29, 1.82) is 5.26 Å². The number of nitrogens with zero attached hydrogens (tertiary/aromatic N) is 2. The van der Waals surface area contributed by atoms with E-state index in [1.807, 2.05) is 12.1 Å². The highest BCUT2D eigenvalue weighted by Gasteiger charge is 2.16. The van der Waals surface area contributed by atoms with E-state index in [0.717, 1.165) is 4.91 Å². The highest BCUT2D eigenvalue weighted by Crippen LogP contribution is 2.26. The number of hydrogen-bond acceptors (Lipinski definition) is 6. The summed E-state index contributed by atoms with van der Waals surface area (Å²) < 4.78 is 28.2. The Morgan fingerprint density at radius 2 is 2.10 bits per heavy atom. The van der Waals surface area contributed by atoms with Gasteiger partial charge in [0, 0.05) is 10.7 Å². The van der Waals surface area contributed by atoms with E-state index in [4.69, 9.17) is 5.26 Å². The molecule has 0 aliphatic carbocycles. The molecule has 104 valence electrons. The van der Waals surface area contributed by atoms with E-state index in [-0.39, 0.29) is 5.75 Å². The second-order valence-electron chi connectivity index (χ2n) is 4.08. The predicted molar refractivity (Wildman–Crippen MR) is 78.4 cm³/mol. The number of nitriles is 1. The molecule has 0 fully saturated rings. The third-order valence-electron chi connectivity index (χ3n) is 2.44. The van der Waals surface area contributed by atoms with Gasteiger partial charge in [0.2, 0.25) is 0 Å². The van der Waals surface area contributed by atoms with Gasteiger partial charge in [0.1, 0.15) is 5.75 Å². The molecule has 0 radical (unpaired) electrons. The summed E-state index contributed by atoms with van der Waals surface area (Å²) in [7, 11) is -3.74. The van der Waals surface area contributed by atoms with E-state index in [0.29, 0.717) is 23.4 Å². The summed E-state index contributed by atoms with van der Waals surface area (Å²) in [5, 5.41) is 12.2. The van der Waals surface area contributed by atoms with Gasteiger partial charge in [0.05, 0.1) is 18.2 Å². The second-order valence-corrected chi connectivity index (χ2v) is 6.73. The van der Waals surface area contributed by atoms with Gasteiger partial charge in [-0.3, -0.25) is 4.28 Å². The van der Waals surface area contributed by atoms with Crippen LogP contribution >= 0.6 is 11.8 Å². The standard InChI is InChI=1S/C13H12N2O3S2/c14-7-6-13-8-12(9-19-13)15-18-20(16,17)10-11-4-2-1-3-5-11/h1-5,8H,6,9-10H2. The minimum atomic E-state index is -3.74. The normalized spacial score (nSPS) is 16.8. The molecule has 1 aromatic carbocycles. The smallest absolute Gasteiger partial charge is 0.268 e. The Labute approximate surface area is 122 Å². The lowest BCUT2D eigenvalue weighted by atomic mass is 10.2. The molecule has 7 heteroatoms. The van der Waals surface area contributed by atoms with Gasteiger partial charge in [0.25, 0.3) is 0 Å². The summed E-state index contributed by atoms with van der Waals surface area (Å²) in [6.45, 7) is 0. The highest BCUT2D eigenvalue weighted by atomic mass is 32.2. The van der Waals surface area contributed by atoms with Gasteiger partial charge in [-0.2, -0.15) is 13.7 Å². The largest absolute Gasteiger partial charge is 0.332 e. The molecule has 0 N–H and O–H groups in total. The van der Waals surface area contributed by atoms with Crippen LogP contribution in [0.25, 0.3) is 0 Å². The summed E-state index contributed by atoms with van der Waals surface area (Å²) in [4.78, 5) is 0.871. The first kappa shape index (κ1) is 14.6. The zero-order chi connectivity index (χ0) is 14.4. The third kappa shape index (κ3) is 4.40. The van der Waals surface area contributed by atoms with Crippen molar-refractivity contribution in [1.82, 2.24) is 0 Å². The second kappa shape index (κ2) is 6.59. The van der Waals surface area contributed by atoms with Gasteiger partial charge in [-0.1, -0.05) is 35.5 Å². The van der Waals surface area contributed by atoms with Gasteiger partial charge in [0.15, 0.2) is 0 Å². The molecule has 1 aliphatic rings. The first-order chi connectivity index (χ1) is 9.59. The summed E-state index contributed by atoms with van der Waals surface area (Å²) in [6.07, 6.45) is 1.99. The fourth-order valence-electron chi connectivity index (χ4n) is 1.58. The van der Waals surface area contributed by atoms with Crippen molar-refractivity contribution >= 4 is 27.6 Å². The first-order valence-electron chi connectivity index (χ1n) is 5.81. The number of rotatable bonds is 5. The number of hydrogen-bond donors (Lipinski definition) is 0. The molecular formula is C13H12N2O3S2. The number of benzene rings is 1. The maximum absolute atomic E-state index is 11.8. The van der Waals surface area contributed by atoms with Crippen molar-refractivity contribution in [2.75, 3.05) is 5.75 Å². The van der Waals surface area contributed by atoms with Crippen LogP contribution in [0.1, 0.15) is 12.0 Å². The molecule has 1 heterocycles. The van der Waals surface area contributed by atoms with Gasteiger partial charge < -0.3 is 0 Å². The molecule has 1 aromatic rings. The van der Waals surface area contributed by atoms with Crippen LogP contribution in [-0.4, -0.2) is 19.9 Å². The van der Waals surface area contributed by atoms with Gasteiger partial charge in [-0.05, 0) is 11.6 Å². The van der Waals surface area contributed by atoms with Gasteiger partial charge >= 0.3 is 10.1 Å². The van der Waals surface area contributed by atoms with E-state index in [1.165, 1.54) is 11.8 Å². The number of allylic oxidation sites excluding steroid dienone is 2. The summed E-state index contributed by atoms with van der Waals surface area (Å²) in [5.74, 6) is 0.310. The molecule has 20 heavy (non-hydrogen) atoms. The lowest BCUT2D eigenvalue weighted by Crippen LogP contribution is -2.07. The Bertz CT molecular complexity index is 673. The maximum atomic E-state index is 11.8. The van der Waals surface area contributed by atoms with E-state index in [9.17, 15) is 8.42 Å². The van der Waals surface area contributed by atoms with Crippen molar-refractivity contribution in [3.63, 3.8) is 0 Å². The fraction of sp³-hybridized carbons (Fsp3) is 0.231. The van der Waals surface area contributed by atoms with Crippen molar-refractivity contribution in [2.24, 2.45) is 5.16 Å². The molecule has 0 spiro atoms. The minimum Gasteiger partial charge on any atom is -0.268 e. The molecule has 0 saturated carbocycles. The monoisotopic (exact) mass is 308 g/mol. The van der Waals surface area contributed by atoms with Crippen molar-refractivity contribution < 1.29 is 12.7 Å². The average molecular weight is 308 g/mol. The molecule has 0 aromatic heterocycles. The SMILES string of the molecule is N#CCC1=CC(=NOS(=O)(=O)Cc2ccccc2)CS1. The molecule has 0 bridgehead atoms. The van der Waals surface area contributed by atoms with Crippen LogP contribution in [0.4, 0.5) is 0 Å². The Morgan fingerprint density at radius 3 is 2.80 bits per heavy atom. The van der Waals surface area contributed by atoms with Crippen LogP contribution in [-0.2, 0) is 20.2 Å². The van der Waals surface area contributed by atoms with Crippen LogP contribution in [0.5, 0.6) is 0 Å². The van der Waals surface area contributed by atoms with Crippen LogP contribution in [0.2, 0.25) is 0 Å². The molecule has 0 saturated heterocycles. The van der Waals surface area contributed by atoms with Gasteiger partial charge in [-0.25, -0.2) is 0 Å². The predicted octanol–water partition coefficient (Wildman–Crippen LogP) is 2.43. The Balaban J connectivity index is 1.98. The lowest BCUT2D eigenvalue weighted by molar-refractivity contribution is 0.338.